The number of carboxylic acid groups (broad SMARTS) is 1. The number of aromatic nitrogens is 3. The maximum Gasteiger partial charge on any atom is 0.327 e. The highest BCUT2D eigenvalue weighted by atomic mass is 32.1. The van der Waals surface area contributed by atoms with Gasteiger partial charge in [-0.2, -0.15) is 12.6 Å². The molecule has 4 rings (SSSR count). The Balaban J connectivity index is 1.56. The van der Waals surface area contributed by atoms with Crippen molar-refractivity contribution >= 4 is 47.2 Å². The number of nitrogens with zero attached hydrogens (tertiary/aromatic N) is 1. The number of phenols is 1. The predicted octanol–water partition coefficient (Wildman–Crippen LogP) is 0.421. The number of thiol groups is 1. The van der Waals surface area contributed by atoms with Crippen LogP contribution in [0.3, 0.4) is 0 Å². The summed E-state index contributed by atoms with van der Waals surface area (Å²) in [4.78, 5) is 61.6. The van der Waals surface area contributed by atoms with Crippen molar-refractivity contribution < 1.29 is 29.4 Å². The molecule has 0 bridgehead atoms. The summed E-state index contributed by atoms with van der Waals surface area (Å²) in [5.74, 6) is -3.37. The normalized spacial score (nSPS) is 13.9. The second-order valence-electron chi connectivity index (χ2n) is 10.0. The molecule has 9 N–H and O–H groups in total. The number of rotatable bonds is 14. The molecule has 0 aliphatic heterocycles. The smallest absolute Gasteiger partial charge is 0.327 e. The number of nitrogens with one attached hydrogen (secondary N) is 5. The number of aliphatic carboxylic acids is 1. The summed E-state index contributed by atoms with van der Waals surface area (Å²) in [6, 6.07) is 9.10. The second kappa shape index (κ2) is 14.4. The highest BCUT2D eigenvalue weighted by Gasteiger charge is 2.31. The van der Waals surface area contributed by atoms with Crippen LogP contribution in [0.1, 0.15) is 16.8 Å². The van der Waals surface area contributed by atoms with Crippen molar-refractivity contribution in [1.82, 2.24) is 30.9 Å². The van der Waals surface area contributed by atoms with Gasteiger partial charge in [0, 0.05) is 47.6 Å². The summed E-state index contributed by atoms with van der Waals surface area (Å²) in [5, 5.41) is 27.6. The lowest BCUT2D eigenvalue weighted by Gasteiger charge is -2.25. The van der Waals surface area contributed by atoms with Gasteiger partial charge in [-0.3, -0.25) is 14.4 Å². The van der Waals surface area contributed by atoms with Crippen molar-refractivity contribution in [1.29, 1.82) is 0 Å². The molecule has 13 nitrogen and oxygen atoms in total. The summed E-state index contributed by atoms with van der Waals surface area (Å²) in [5.41, 5.74) is 9.01. The van der Waals surface area contributed by atoms with Gasteiger partial charge >= 0.3 is 5.97 Å². The molecule has 43 heavy (non-hydrogen) atoms. The molecule has 0 aliphatic rings. The summed E-state index contributed by atoms with van der Waals surface area (Å²) >= 11 is 3.99. The van der Waals surface area contributed by atoms with Crippen LogP contribution in [0.5, 0.6) is 5.75 Å². The quantitative estimate of drug-likeness (QED) is 0.0914. The molecule has 2 aromatic heterocycles. The van der Waals surface area contributed by atoms with Crippen molar-refractivity contribution in [3.8, 4) is 5.75 Å². The third kappa shape index (κ3) is 8.36. The Morgan fingerprint density at radius 2 is 1.51 bits per heavy atom. The van der Waals surface area contributed by atoms with Crippen molar-refractivity contribution in [3.05, 3.63) is 84.1 Å². The molecule has 14 heteroatoms. The minimum Gasteiger partial charge on any atom is -0.508 e. The maximum absolute atomic E-state index is 13.8. The monoisotopic (exact) mass is 607 g/mol. The van der Waals surface area contributed by atoms with E-state index in [1.807, 2.05) is 24.3 Å². The lowest BCUT2D eigenvalue weighted by Crippen LogP contribution is -2.58. The van der Waals surface area contributed by atoms with Gasteiger partial charge < -0.3 is 41.9 Å². The largest absolute Gasteiger partial charge is 0.508 e. The van der Waals surface area contributed by atoms with E-state index in [4.69, 9.17) is 5.73 Å². The van der Waals surface area contributed by atoms with Crippen LogP contribution in [-0.2, 0) is 38.4 Å². The molecule has 2 heterocycles. The van der Waals surface area contributed by atoms with Gasteiger partial charge in [-0.1, -0.05) is 30.3 Å². The average molecular weight is 608 g/mol. The van der Waals surface area contributed by atoms with Gasteiger partial charge in [0.25, 0.3) is 0 Å². The number of aromatic hydroxyl groups is 1. The number of carboxylic acids is 1. The Hall–Kier alpha value is -4.82. The number of carbonyl (C=O) groups is 4. The van der Waals surface area contributed by atoms with E-state index < -0.39 is 47.9 Å². The number of benzene rings is 2. The Morgan fingerprint density at radius 1 is 0.860 bits per heavy atom. The number of H-pyrrole nitrogens is 2. The molecule has 0 saturated heterocycles. The van der Waals surface area contributed by atoms with E-state index >= 15 is 0 Å². The zero-order valence-corrected chi connectivity index (χ0v) is 23.9. The Bertz CT molecular complexity index is 1560. The van der Waals surface area contributed by atoms with Crippen LogP contribution in [0.25, 0.3) is 10.9 Å². The number of amides is 3. The molecule has 2 aromatic carbocycles. The first-order valence-corrected chi connectivity index (χ1v) is 14.1. The third-order valence-corrected chi connectivity index (χ3v) is 7.23. The van der Waals surface area contributed by atoms with E-state index in [1.54, 1.807) is 18.3 Å². The summed E-state index contributed by atoms with van der Waals surface area (Å²) in [7, 11) is 0. The average Bonchev–Trinajstić information content (AvgIpc) is 3.66. The fourth-order valence-corrected chi connectivity index (χ4v) is 4.79. The molecule has 0 spiro atoms. The number of nitrogens with two attached hydrogens (primary N) is 1. The first kappa shape index (κ1) is 31.1. The predicted molar refractivity (Wildman–Crippen MR) is 161 cm³/mol. The van der Waals surface area contributed by atoms with Crippen LogP contribution in [0.4, 0.5) is 0 Å². The lowest BCUT2D eigenvalue weighted by atomic mass is 10.0. The van der Waals surface area contributed by atoms with Crippen LogP contribution in [0, 0.1) is 0 Å². The topological polar surface area (TPSA) is 215 Å². The molecule has 0 saturated carbocycles. The number of hydrogen-bond donors (Lipinski definition) is 9. The Morgan fingerprint density at radius 3 is 2.16 bits per heavy atom. The number of aromatic amines is 2. The van der Waals surface area contributed by atoms with Crippen molar-refractivity contribution in [3.63, 3.8) is 0 Å². The molecule has 4 unspecified atom stereocenters. The highest BCUT2D eigenvalue weighted by molar-refractivity contribution is 7.80. The zero-order valence-electron chi connectivity index (χ0n) is 23.0. The summed E-state index contributed by atoms with van der Waals surface area (Å²) in [6.45, 7) is 0. The minimum absolute atomic E-state index is 0.0232. The molecular weight excluding hydrogens is 574 g/mol. The maximum atomic E-state index is 13.8. The second-order valence-corrected chi connectivity index (χ2v) is 10.4. The van der Waals surface area contributed by atoms with Crippen molar-refractivity contribution in [2.75, 3.05) is 5.75 Å². The van der Waals surface area contributed by atoms with E-state index in [-0.39, 0.29) is 30.8 Å². The van der Waals surface area contributed by atoms with Crippen LogP contribution < -0.4 is 21.7 Å². The van der Waals surface area contributed by atoms with E-state index in [2.05, 4.69) is 43.5 Å². The third-order valence-electron chi connectivity index (χ3n) is 6.87. The summed E-state index contributed by atoms with van der Waals surface area (Å²) in [6.07, 6.45) is 4.83. The van der Waals surface area contributed by atoms with Gasteiger partial charge in [0.2, 0.25) is 17.7 Å². The Labute approximate surface area is 252 Å². The molecule has 0 radical (unpaired) electrons. The molecular formula is C29H33N7O6S. The van der Waals surface area contributed by atoms with Gasteiger partial charge in [0.05, 0.1) is 12.4 Å². The molecule has 4 aromatic rings. The minimum atomic E-state index is -1.28. The van der Waals surface area contributed by atoms with Gasteiger partial charge in [0.15, 0.2) is 0 Å². The fourth-order valence-electron chi connectivity index (χ4n) is 4.54. The van der Waals surface area contributed by atoms with Gasteiger partial charge in [-0.25, -0.2) is 9.78 Å². The summed E-state index contributed by atoms with van der Waals surface area (Å²) < 4.78 is 0. The standard InChI is InChI=1S/C29H33N7O6S/c30-21(9-16-5-7-19(37)8-6-16)26(38)34-23(10-17-12-32-22-4-2-1-3-20(17)22)27(39)35-24(11-18-13-31-15-33-18)28(40)36-25(14-43)29(41)42/h1-8,12-13,15,21,23-25,32,37,43H,9-11,14,30H2,(H,31,33)(H,34,38)(H,35,39)(H,36,40)(H,41,42). The molecule has 4 atom stereocenters. The number of fused-ring (bicyclic) bond motifs is 1. The number of para-hydroxylation sites is 1. The van der Waals surface area contributed by atoms with Crippen molar-refractivity contribution in [2.45, 2.75) is 43.4 Å². The van der Waals surface area contributed by atoms with E-state index in [0.29, 0.717) is 11.3 Å². The molecule has 226 valence electrons. The number of imidazole rings is 1. The number of phenolic OH excluding ortho intramolecular Hbond substituents is 1. The Kier molecular flexibility index (Phi) is 10.4. The van der Waals surface area contributed by atoms with Crippen molar-refractivity contribution in [2.24, 2.45) is 5.73 Å². The van der Waals surface area contributed by atoms with E-state index in [9.17, 15) is 29.4 Å². The number of carbonyl (C=O) groups excluding carboxylic acids is 3. The van der Waals surface area contributed by atoms with Crippen LogP contribution >= 0.6 is 12.6 Å². The molecule has 0 fully saturated rings. The molecule has 3 amide bonds. The van der Waals surface area contributed by atoms with Gasteiger partial charge in [-0.05, 0) is 35.7 Å². The van der Waals surface area contributed by atoms with Crippen LogP contribution in [0.15, 0.2) is 67.3 Å². The fraction of sp³-hybridized carbons (Fsp3) is 0.276. The molecule has 0 aliphatic carbocycles. The van der Waals surface area contributed by atoms with E-state index in [1.165, 1.54) is 24.7 Å². The van der Waals surface area contributed by atoms with Crippen LogP contribution in [-0.4, -0.2) is 78.8 Å². The van der Waals surface area contributed by atoms with E-state index in [0.717, 1.165) is 16.5 Å². The first-order chi connectivity index (χ1) is 20.6. The van der Waals surface area contributed by atoms with Gasteiger partial charge in [0.1, 0.15) is 23.9 Å². The first-order valence-electron chi connectivity index (χ1n) is 13.4. The highest BCUT2D eigenvalue weighted by Crippen LogP contribution is 2.19. The van der Waals surface area contributed by atoms with Crippen LogP contribution in [0.2, 0.25) is 0 Å². The lowest BCUT2D eigenvalue weighted by molar-refractivity contribution is -0.141. The SMILES string of the molecule is NC(Cc1ccc(O)cc1)C(=O)NC(Cc1c[nH]c2ccccc12)C(=O)NC(Cc1cnc[nH]1)C(=O)NC(CS)C(=O)O. The number of hydrogen-bond acceptors (Lipinski definition) is 8. The van der Waals surface area contributed by atoms with Gasteiger partial charge in [-0.15, -0.1) is 0 Å². The zero-order chi connectivity index (χ0) is 30.9.